The number of halogens is 1. The SMILES string of the molecule is COc1ccc(Cl)cc1NC(=O)C[n+]1cccc(C)c1C. The molecule has 0 radical (unpaired) electrons. The van der Waals surface area contributed by atoms with Crippen LogP contribution < -0.4 is 14.6 Å². The Morgan fingerprint density at radius 2 is 2.10 bits per heavy atom. The van der Waals surface area contributed by atoms with Crippen LogP contribution in [-0.2, 0) is 11.3 Å². The minimum absolute atomic E-state index is 0.130. The molecule has 1 aromatic heterocycles. The number of ether oxygens (including phenoxy) is 1. The summed E-state index contributed by atoms with van der Waals surface area (Å²) in [7, 11) is 1.55. The molecule has 5 heteroatoms. The van der Waals surface area contributed by atoms with Crippen LogP contribution in [0.3, 0.4) is 0 Å². The Hall–Kier alpha value is -2.07. The second-order valence-corrected chi connectivity index (χ2v) is 5.23. The fourth-order valence-corrected chi connectivity index (χ4v) is 2.22. The summed E-state index contributed by atoms with van der Waals surface area (Å²) in [4.78, 5) is 12.2. The van der Waals surface area contributed by atoms with E-state index in [1.165, 1.54) is 0 Å². The summed E-state index contributed by atoms with van der Waals surface area (Å²) < 4.78 is 7.12. The predicted octanol–water partition coefficient (Wildman–Crippen LogP) is 2.89. The summed E-state index contributed by atoms with van der Waals surface area (Å²) >= 11 is 5.95. The Bertz CT molecular complexity index is 671. The maximum atomic E-state index is 12.2. The first-order chi connectivity index (χ1) is 10.0. The highest BCUT2D eigenvalue weighted by Crippen LogP contribution is 2.27. The third kappa shape index (κ3) is 3.73. The van der Waals surface area contributed by atoms with Crippen LogP contribution in [0.25, 0.3) is 0 Å². The zero-order chi connectivity index (χ0) is 15.4. The normalized spacial score (nSPS) is 10.3. The average molecular weight is 306 g/mol. The van der Waals surface area contributed by atoms with Crippen LogP contribution in [0.15, 0.2) is 36.5 Å². The van der Waals surface area contributed by atoms with E-state index in [1.54, 1.807) is 25.3 Å². The Kier molecular flexibility index (Phi) is 4.81. The second kappa shape index (κ2) is 6.59. The van der Waals surface area contributed by atoms with Crippen LogP contribution >= 0.6 is 11.6 Å². The number of carbonyl (C=O) groups excluding carboxylic acids is 1. The molecule has 0 aliphatic carbocycles. The van der Waals surface area contributed by atoms with Gasteiger partial charge in [0.05, 0.1) is 12.8 Å². The van der Waals surface area contributed by atoms with Gasteiger partial charge < -0.3 is 10.1 Å². The lowest BCUT2D eigenvalue weighted by molar-refractivity contribution is -0.690. The molecule has 2 aromatic rings. The Labute approximate surface area is 129 Å². The first kappa shape index (κ1) is 15.3. The lowest BCUT2D eigenvalue weighted by atomic mass is 10.2. The van der Waals surface area contributed by atoms with Crippen molar-refractivity contribution in [3.8, 4) is 5.75 Å². The molecule has 1 amide bonds. The molecule has 2 rings (SSSR count). The van der Waals surface area contributed by atoms with E-state index in [0.29, 0.717) is 16.5 Å². The summed E-state index contributed by atoms with van der Waals surface area (Å²) in [5.74, 6) is 0.452. The van der Waals surface area contributed by atoms with Crippen LogP contribution in [0.2, 0.25) is 5.02 Å². The molecule has 0 unspecified atom stereocenters. The van der Waals surface area contributed by atoms with E-state index in [4.69, 9.17) is 16.3 Å². The van der Waals surface area contributed by atoms with Gasteiger partial charge in [-0.25, -0.2) is 0 Å². The third-order valence-electron chi connectivity index (χ3n) is 3.36. The summed E-state index contributed by atoms with van der Waals surface area (Å²) in [5, 5.41) is 3.37. The molecule has 0 atom stereocenters. The van der Waals surface area contributed by atoms with Gasteiger partial charge >= 0.3 is 0 Å². The molecule has 0 saturated heterocycles. The van der Waals surface area contributed by atoms with Crippen LogP contribution in [0, 0.1) is 13.8 Å². The maximum absolute atomic E-state index is 12.2. The first-order valence-electron chi connectivity index (χ1n) is 6.60. The number of aromatic nitrogens is 1. The quantitative estimate of drug-likeness (QED) is 0.883. The van der Waals surface area contributed by atoms with Crippen LogP contribution in [0.4, 0.5) is 5.69 Å². The van der Waals surface area contributed by atoms with E-state index in [2.05, 4.69) is 5.32 Å². The molecular weight excluding hydrogens is 288 g/mol. The smallest absolute Gasteiger partial charge is 0.290 e. The molecule has 0 fully saturated rings. The van der Waals surface area contributed by atoms with Gasteiger partial charge in [-0.05, 0) is 31.2 Å². The molecular formula is C16H18ClN2O2+. The van der Waals surface area contributed by atoms with Crippen molar-refractivity contribution in [2.45, 2.75) is 20.4 Å². The monoisotopic (exact) mass is 305 g/mol. The maximum Gasteiger partial charge on any atom is 0.290 e. The average Bonchev–Trinajstić information content (AvgIpc) is 2.44. The van der Waals surface area contributed by atoms with Gasteiger partial charge in [-0.1, -0.05) is 11.6 Å². The van der Waals surface area contributed by atoms with Crippen molar-refractivity contribution in [1.82, 2.24) is 0 Å². The van der Waals surface area contributed by atoms with E-state index < -0.39 is 0 Å². The molecule has 0 bridgehead atoms. The van der Waals surface area contributed by atoms with Crippen molar-refractivity contribution < 1.29 is 14.1 Å². The van der Waals surface area contributed by atoms with Gasteiger partial charge in [-0.15, -0.1) is 0 Å². The van der Waals surface area contributed by atoms with Gasteiger partial charge in [0.15, 0.2) is 11.9 Å². The molecule has 1 N–H and O–H groups in total. The minimum Gasteiger partial charge on any atom is -0.495 e. The Balaban J connectivity index is 2.15. The van der Waals surface area contributed by atoms with Gasteiger partial charge in [0, 0.05) is 23.6 Å². The number of benzene rings is 1. The summed E-state index contributed by atoms with van der Waals surface area (Å²) in [6, 6.07) is 9.06. The number of carbonyl (C=O) groups is 1. The second-order valence-electron chi connectivity index (χ2n) is 4.80. The number of hydrogen-bond acceptors (Lipinski definition) is 2. The Morgan fingerprint density at radius 1 is 1.33 bits per heavy atom. The highest BCUT2D eigenvalue weighted by molar-refractivity contribution is 6.31. The van der Waals surface area contributed by atoms with Gasteiger partial charge in [0.25, 0.3) is 5.91 Å². The van der Waals surface area contributed by atoms with Crippen LogP contribution in [0.5, 0.6) is 5.75 Å². The van der Waals surface area contributed by atoms with E-state index in [-0.39, 0.29) is 12.5 Å². The van der Waals surface area contributed by atoms with Crippen molar-refractivity contribution in [3.63, 3.8) is 0 Å². The summed E-state index contributed by atoms with van der Waals surface area (Å²) in [6.45, 7) is 4.25. The van der Waals surface area contributed by atoms with E-state index >= 15 is 0 Å². The van der Waals surface area contributed by atoms with Gasteiger partial charge in [0.1, 0.15) is 5.75 Å². The molecule has 4 nitrogen and oxygen atoms in total. The molecule has 21 heavy (non-hydrogen) atoms. The number of nitrogens with one attached hydrogen (secondary N) is 1. The molecule has 0 spiro atoms. The number of amides is 1. The van der Waals surface area contributed by atoms with Gasteiger partial charge in [-0.3, -0.25) is 4.79 Å². The minimum atomic E-state index is -0.130. The number of rotatable bonds is 4. The summed E-state index contributed by atoms with van der Waals surface area (Å²) in [5.41, 5.74) is 2.78. The number of hydrogen-bond donors (Lipinski definition) is 1. The van der Waals surface area contributed by atoms with Crippen LogP contribution in [-0.4, -0.2) is 13.0 Å². The molecule has 110 valence electrons. The van der Waals surface area contributed by atoms with E-state index in [9.17, 15) is 4.79 Å². The largest absolute Gasteiger partial charge is 0.495 e. The van der Waals surface area contributed by atoms with Crippen molar-refractivity contribution in [2.75, 3.05) is 12.4 Å². The lowest BCUT2D eigenvalue weighted by Crippen LogP contribution is -2.43. The number of pyridine rings is 1. The predicted molar refractivity (Wildman–Crippen MR) is 82.7 cm³/mol. The molecule has 1 aromatic carbocycles. The molecule has 1 heterocycles. The first-order valence-corrected chi connectivity index (χ1v) is 6.98. The number of nitrogens with zero attached hydrogens (tertiary/aromatic N) is 1. The molecule has 0 saturated carbocycles. The summed E-state index contributed by atoms with van der Waals surface area (Å²) in [6.07, 6.45) is 1.89. The fraction of sp³-hybridized carbons (Fsp3) is 0.250. The topological polar surface area (TPSA) is 42.2 Å². The van der Waals surface area contributed by atoms with E-state index in [0.717, 1.165) is 11.3 Å². The van der Waals surface area contributed by atoms with Crippen molar-refractivity contribution in [2.24, 2.45) is 0 Å². The van der Waals surface area contributed by atoms with Crippen molar-refractivity contribution >= 4 is 23.2 Å². The number of anilines is 1. The lowest BCUT2D eigenvalue weighted by Gasteiger charge is -2.10. The zero-order valence-corrected chi connectivity index (χ0v) is 13.1. The zero-order valence-electron chi connectivity index (χ0n) is 12.3. The third-order valence-corrected chi connectivity index (χ3v) is 3.60. The standard InChI is InChI=1S/C16H17ClN2O2/c1-11-5-4-8-19(12(11)2)10-16(20)18-14-9-13(17)6-7-15(14)21-3/h4-9H,10H2,1-3H3/p+1. The highest BCUT2D eigenvalue weighted by Gasteiger charge is 2.15. The van der Waals surface area contributed by atoms with Crippen molar-refractivity contribution in [1.29, 1.82) is 0 Å². The van der Waals surface area contributed by atoms with Gasteiger partial charge in [-0.2, -0.15) is 4.57 Å². The fourth-order valence-electron chi connectivity index (χ4n) is 2.04. The molecule has 0 aliphatic rings. The molecule has 0 aliphatic heterocycles. The van der Waals surface area contributed by atoms with E-state index in [1.807, 2.05) is 36.7 Å². The van der Waals surface area contributed by atoms with Crippen LogP contribution in [0.1, 0.15) is 11.3 Å². The van der Waals surface area contributed by atoms with Gasteiger partial charge in [0.2, 0.25) is 6.54 Å². The van der Waals surface area contributed by atoms with Crippen molar-refractivity contribution in [3.05, 3.63) is 52.8 Å². The number of methoxy groups -OCH3 is 1. The highest BCUT2D eigenvalue weighted by atomic mass is 35.5. The number of aryl methyl sites for hydroxylation is 1. The Morgan fingerprint density at radius 3 is 2.81 bits per heavy atom.